The predicted molar refractivity (Wildman–Crippen MR) is 338 cm³/mol. The van der Waals surface area contributed by atoms with E-state index >= 15 is 0 Å². The molecule has 0 bridgehead atoms. The molecule has 510 valence electrons. The largest absolute Gasteiger partial charge is 0.491 e. The maximum atomic E-state index is 11.9. The summed E-state index contributed by atoms with van der Waals surface area (Å²) in [6, 6.07) is 17.7. The van der Waals surface area contributed by atoms with Gasteiger partial charge in [-0.15, -0.1) is 0 Å². The van der Waals surface area contributed by atoms with Crippen LogP contribution in [0.5, 0.6) is 5.75 Å². The number of carbonyl (C=O) groups is 9. The number of hydrogen-bond donors (Lipinski definition) is 3. The number of allylic oxidation sites excluding steroid dienone is 7. The summed E-state index contributed by atoms with van der Waals surface area (Å²) in [5.41, 5.74) is 4.07. The topological polar surface area (TPSA) is 325 Å². The van der Waals surface area contributed by atoms with Crippen molar-refractivity contribution in [2.45, 2.75) is 124 Å². The van der Waals surface area contributed by atoms with Gasteiger partial charge in [-0.2, -0.15) is 0 Å². The van der Waals surface area contributed by atoms with Crippen LogP contribution >= 0.6 is 0 Å². The third-order valence-electron chi connectivity index (χ3n) is 11.2. The molecule has 4 unspecified atom stereocenters. The molecule has 3 N–H and O–H groups in total. The average molecular weight is 1290 g/mol. The van der Waals surface area contributed by atoms with Crippen molar-refractivity contribution in [1.82, 2.24) is 0 Å². The lowest BCUT2D eigenvalue weighted by molar-refractivity contribution is -0.154. The molecule has 0 aromatic heterocycles. The minimum absolute atomic E-state index is 0.00835. The van der Waals surface area contributed by atoms with Crippen molar-refractivity contribution in [2.75, 3.05) is 101 Å². The van der Waals surface area contributed by atoms with Gasteiger partial charge in [0.15, 0.2) is 0 Å². The molecule has 0 fully saturated rings. The minimum atomic E-state index is -1.06. The first-order valence-electron chi connectivity index (χ1n) is 29.4. The molecule has 91 heavy (non-hydrogen) atoms. The number of carbonyl (C=O) groups excluding carboxylic acids is 9. The van der Waals surface area contributed by atoms with Crippen LogP contribution < -0.4 is 4.74 Å². The van der Waals surface area contributed by atoms with Crippen molar-refractivity contribution in [2.24, 2.45) is 0 Å². The zero-order valence-corrected chi connectivity index (χ0v) is 54.6. The van der Waals surface area contributed by atoms with Gasteiger partial charge in [-0.25, -0.2) is 4.79 Å². The van der Waals surface area contributed by atoms with E-state index in [1.54, 1.807) is 27.9 Å². The molecule has 0 saturated heterocycles. The Morgan fingerprint density at radius 2 is 0.956 bits per heavy atom. The normalized spacial score (nSPS) is 12.4. The van der Waals surface area contributed by atoms with Gasteiger partial charge in [0, 0.05) is 38.7 Å². The summed E-state index contributed by atoms with van der Waals surface area (Å²) in [5.74, 6) is -2.10. The van der Waals surface area contributed by atoms with E-state index in [0.717, 1.165) is 29.3 Å². The lowest BCUT2D eigenvalue weighted by Crippen LogP contribution is -2.26. The maximum Gasteiger partial charge on any atom is 0.333 e. The molecule has 1 aliphatic carbocycles. The maximum absolute atomic E-state index is 11.9. The van der Waals surface area contributed by atoms with Crippen molar-refractivity contribution in [3.05, 3.63) is 138 Å². The van der Waals surface area contributed by atoms with Crippen LogP contribution in [0.25, 0.3) is 0 Å². The molecular formula is C67H98O24. The fraction of sp³-hybridized carbons (Fsp3) is 0.507. The fourth-order valence-corrected chi connectivity index (χ4v) is 6.46. The summed E-state index contributed by atoms with van der Waals surface area (Å²) in [5, 5.41) is 29.8. The number of hydrogen-bond acceptors (Lipinski definition) is 24. The second-order valence-electron chi connectivity index (χ2n) is 19.1. The van der Waals surface area contributed by atoms with Crippen LogP contribution in [0.1, 0.15) is 111 Å². The number of aliphatic hydroxyl groups is 3. The highest BCUT2D eigenvalue weighted by molar-refractivity contribution is 5.87. The van der Waals surface area contributed by atoms with Crippen LogP contribution in [0, 0.1) is 0 Å². The van der Waals surface area contributed by atoms with E-state index in [0.29, 0.717) is 73.6 Å². The number of aliphatic hydroxyl groups excluding tert-OH is 3. The van der Waals surface area contributed by atoms with Gasteiger partial charge in [0.2, 0.25) is 0 Å². The van der Waals surface area contributed by atoms with Gasteiger partial charge in [-0.05, 0) is 92.2 Å². The van der Waals surface area contributed by atoms with Crippen LogP contribution in [0.4, 0.5) is 0 Å². The van der Waals surface area contributed by atoms with E-state index in [2.05, 4.69) is 59.1 Å². The third kappa shape index (κ3) is 46.6. The summed E-state index contributed by atoms with van der Waals surface area (Å²) in [6.07, 6.45) is 7.98. The molecule has 0 spiro atoms. The predicted octanol–water partition coefficient (Wildman–Crippen LogP) is 7.46. The Labute approximate surface area is 536 Å². The van der Waals surface area contributed by atoms with Crippen molar-refractivity contribution >= 4 is 54.9 Å². The molecule has 2 aromatic rings. The molecule has 0 aliphatic heterocycles. The number of aldehydes is 2. The van der Waals surface area contributed by atoms with Crippen molar-refractivity contribution in [1.29, 1.82) is 0 Å². The average Bonchev–Trinajstić information content (AvgIpc) is 1.62. The molecule has 2 aromatic carbocycles. The fourth-order valence-electron chi connectivity index (χ4n) is 6.46. The molecule has 0 saturated carbocycles. The van der Waals surface area contributed by atoms with Crippen LogP contribution in [0.3, 0.4) is 0 Å². The Morgan fingerprint density at radius 1 is 0.527 bits per heavy atom. The van der Waals surface area contributed by atoms with E-state index in [-0.39, 0.29) is 97.7 Å². The van der Waals surface area contributed by atoms with Gasteiger partial charge in [-0.1, -0.05) is 102 Å². The molecule has 3 rings (SSSR count). The van der Waals surface area contributed by atoms with Gasteiger partial charge in [-0.3, -0.25) is 38.4 Å². The quantitative estimate of drug-likeness (QED) is 0.0192. The zero-order chi connectivity index (χ0) is 69.3. The molecular weight excluding hydrogens is 1190 g/mol. The molecule has 0 amide bonds. The van der Waals surface area contributed by atoms with Gasteiger partial charge in [0.05, 0.1) is 45.5 Å². The highest BCUT2D eigenvalue weighted by Gasteiger charge is 2.32. The number of benzene rings is 2. The smallest absolute Gasteiger partial charge is 0.333 e. The molecule has 24 heteroatoms. The summed E-state index contributed by atoms with van der Waals surface area (Å²) in [6.45, 7) is 24.1. The van der Waals surface area contributed by atoms with Gasteiger partial charge < -0.3 is 72.2 Å². The first-order chi connectivity index (χ1) is 43.5. The van der Waals surface area contributed by atoms with Crippen molar-refractivity contribution in [3.8, 4) is 5.75 Å². The van der Waals surface area contributed by atoms with Crippen LogP contribution in [0.2, 0.25) is 0 Å². The lowest BCUT2D eigenvalue weighted by Gasteiger charge is -2.33. The highest BCUT2D eigenvalue weighted by Crippen LogP contribution is 2.41. The number of rotatable bonds is 39. The van der Waals surface area contributed by atoms with Crippen LogP contribution in [0.15, 0.2) is 127 Å². The van der Waals surface area contributed by atoms with E-state index < -0.39 is 53.6 Å². The number of methoxy groups -OCH3 is 3. The second kappa shape index (κ2) is 57.1. The Kier molecular flexibility index (Phi) is 54.6. The van der Waals surface area contributed by atoms with Gasteiger partial charge in [0.1, 0.15) is 102 Å². The summed E-state index contributed by atoms with van der Waals surface area (Å²) in [4.78, 5) is 97.3. The van der Waals surface area contributed by atoms with Crippen molar-refractivity contribution in [3.63, 3.8) is 0 Å². The molecule has 0 radical (unpaired) electrons. The summed E-state index contributed by atoms with van der Waals surface area (Å²) in [7, 11) is 4.46. The Morgan fingerprint density at radius 3 is 1.41 bits per heavy atom. The first kappa shape index (κ1) is 87.1. The lowest BCUT2D eigenvalue weighted by atomic mass is 9.70. The Balaban J connectivity index is -0.00000151. The first-order valence-corrected chi connectivity index (χ1v) is 29.4. The van der Waals surface area contributed by atoms with E-state index in [9.17, 15) is 58.5 Å². The molecule has 4 atom stereocenters. The van der Waals surface area contributed by atoms with E-state index in [1.165, 1.54) is 14.2 Å². The molecule has 24 nitrogen and oxygen atoms in total. The van der Waals surface area contributed by atoms with Crippen LogP contribution in [-0.4, -0.2) is 189 Å². The SMILES string of the molecule is C=C(C)C=O.C=C(C)C=O.C=C(CC)C(=O)OCCOC(=O)CCC(=O)OCC(O)COC.CC.CCCC(=O)OCC(O)COC1=CCC=C(C(C)(c2ccccc2)c2ccc(OCC(O)COC(=O)CCC(=O)OCCOC)cc2)C=C1.COCCOC=O. The standard InChI is InChI=1S/C38H48O11.C15H24O8.C4H8O3.2C4H6O.C2H6/c1-4-9-35(41)48-26-31(39)24-46-33-13-8-12-29(14-17-33)38(2,28-10-6-5-7-11-28)30-15-18-34(19-16-30)47-25-32(40)27-49-37(43)21-20-36(42)45-23-22-44-3;1-4-11(2)15(19)22-8-7-21-13(17)5-6-14(18)23-10-12(16)9-20-3;1-6-2-3-7-4-5;2*1-4(2)3-5;1-2/h5-7,10-19,31-32,39-40H,4,8-9,20-27H2,1-3H3;12,16H,2,4-10H2,1,3H3;4H,2-3H2,1H3;2*3H,1H2,2H3;1-2H3. The molecule has 0 heterocycles. The minimum Gasteiger partial charge on any atom is -0.491 e. The number of ether oxygens (including phenoxy) is 12. The Bertz CT molecular complexity index is 2480. The monoisotopic (exact) mass is 1290 g/mol. The van der Waals surface area contributed by atoms with E-state index in [1.807, 2.05) is 81.5 Å². The number of esters is 6. The zero-order valence-electron chi connectivity index (χ0n) is 54.6. The molecule has 1 aliphatic rings. The second-order valence-corrected chi connectivity index (χ2v) is 19.1. The third-order valence-corrected chi connectivity index (χ3v) is 11.2. The Hall–Kier alpha value is -8.13. The highest BCUT2D eigenvalue weighted by atomic mass is 16.6. The van der Waals surface area contributed by atoms with Crippen LogP contribution in [-0.2, 0) is 101 Å². The van der Waals surface area contributed by atoms with Gasteiger partial charge >= 0.3 is 35.8 Å². The van der Waals surface area contributed by atoms with Crippen molar-refractivity contribution < 1.29 is 115 Å². The van der Waals surface area contributed by atoms with E-state index in [4.69, 9.17) is 42.6 Å². The summed E-state index contributed by atoms with van der Waals surface area (Å²) < 4.78 is 59.3. The summed E-state index contributed by atoms with van der Waals surface area (Å²) >= 11 is 0. The van der Waals surface area contributed by atoms with Gasteiger partial charge in [0.25, 0.3) is 6.47 Å².